The standard InChI is InChI=1S/C11H16BrO2Si/c1-4-11(15(13-2)14-3)9-6-5-7-10(12)8-9/h5-8,11H,4H2,1-3H3. The highest BCUT2D eigenvalue weighted by Crippen LogP contribution is 2.25. The molecule has 0 saturated heterocycles. The van der Waals surface area contributed by atoms with Gasteiger partial charge in [0.1, 0.15) is 0 Å². The Balaban J connectivity index is 2.90. The summed E-state index contributed by atoms with van der Waals surface area (Å²) >= 11 is 3.48. The SMILES string of the molecule is CCC(c1cccc(Br)c1)[Si](OC)OC. The van der Waals surface area contributed by atoms with Gasteiger partial charge in [0.2, 0.25) is 0 Å². The topological polar surface area (TPSA) is 18.5 Å². The predicted molar refractivity (Wildman–Crippen MR) is 66.9 cm³/mol. The summed E-state index contributed by atoms with van der Waals surface area (Å²) < 4.78 is 11.9. The molecule has 1 atom stereocenters. The Bertz CT molecular complexity index is 302. The Labute approximate surface area is 102 Å². The van der Waals surface area contributed by atoms with Gasteiger partial charge in [-0.05, 0) is 24.1 Å². The lowest BCUT2D eigenvalue weighted by Gasteiger charge is -2.20. The van der Waals surface area contributed by atoms with Crippen molar-refractivity contribution in [1.29, 1.82) is 0 Å². The molecule has 0 aromatic heterocycles. The van der Waals surface area contributed by atoms with E-state index < -0.39 is 9.28 Å². The summed E-state index contributed by atoms with van der Waals surface area (Å²) in [5.74, 6) is 0. The molecule has 0 spiro atoms. The van der Waals surface area contributed by atoms with E-state index >= 15 is 0 Å². The van der Waals surface area contributed by atoms with Crippen LogP contribution in [0, 0.1) is 0 Å². The molecule has 83 valence electrons. The largest absolute Gasteiger partial charge is 0.396 e. The maximum absolute atomic E-state index is 5.41. The van der Waals surface area contributed by atoms with E-state index in [0.29, 0.717) is 5.54 Å². The van der Waals surface area contributed by atoms with Crippen LogP contribution in [-0.2, 0) is 8.85 Å². The van der Waals surface area contributed by atoms with E-state index in [0.717, 1.165) is 10.9 Å². The molecule has 1 aromatic carbocycles. The summed E-state index contributed by atoms with van der Waals surface area (Å²) in [6, 6.07) is 8.34. The molecule has 1 rings (SSSR count). The minimum atomic E-state index is -1.20. The molecule has 1 aromatic rings. The van der Waals surface area contributed by atoms with Gasteiger partial charge in [0.25, 0.3) is 0 Å². The van der Waals surface area contributed by atoms with Crippen LogP contribution in [0.1, 0.15) is 24.4 Å². The molecular weight excluding hydrogens is 272 g/mol. The number of halogens is 1. The predicted octanol–water partition coefficient (Wildman–Crippen LogP) is 3.26. The summed E-state index contributed by atoms with van der Waals surface area (Å²) in [4.78, 5) is 0. The first kappa shape index (κ1) is 12.9. The van der Waals surface area contributed by atoms with E-state index in [1.807, 2.05) is 12.1 Å². The third kappa shape index (κ3) is 3.41. The molecule has 1 radical (unpaired) electrons. The van der Waals surface area contributed by atoms with Crippen molar-refractivity contribution in [2.24, 2.45) is 0 Å². The summed E-state index contributed by atoms with van der Waals surface area (Å²) in [6.45, 7) is 2.16. The molecule has 0 aliphatic rings. The van der Waals surface area contributed by atoms with Crippen molar-refractivity contribution in [2.45, 2.75) is 18.9 Å². The van der Waals surface area contributed by atoms with Gasteiger partial charge in [-0.25, -0.2) is 0 Å². The molecule has 0 aliphatic carbocycles. The zero-order chi connectivity index (χ0) is 11.3. The Hall–Kier alpha value is -0.163. The molecule has 0 amide bonds. The van der Waals surface area contributed by atoms with Gasteiger partial charge in [-0.15, -0.1) is 0 Å². The Kier molecular flexibility index (Phi) is 5.53. The van der Waals surface area contributed by atoms with Gasteiger partial charge in [0.05, 0.1) is 0 Å². The van der Waals surface area contributed by atoms with E-state index in [4.69, 9.17) is 8.85 Å². The van der Waals surface area contributed by atoms with Crippen molar-refractivity contribution in [1.82, 2.24) is 0 Å². The normalized spacial score (nSPS) is 13.1. The van der Waals surface area contributed by atoms with Crippen molar-refractivity contribution in [3.8, 4) is 0 Å². The minimum Gasteiger partial charge on any atom is -0.396 e. The van der Waals surface area contributed by atoms with Gasteiger partial charge < -0.3 is 8.85 Å². The average Bonchev–Trinajstić information content (AvgIpc) is 2.25. The van der Waals surface area contributed by atoms with Gasteiger partial charge in [-0.3, -0.25) is 0 Å². The molecule has 0 heterocycles. The second kappa shape index (κ2) is 6.43. The molecule has 2 nitrogen and oxygen atoms in total. The van der Waals surface area contributed by atoms with Gasteiger partial charge in [0, 0.05) is 24.2 Å². The van der Waals surface area contributed by atoms with Crippen LogP contribution in [0.25, 0.3) is 0 Å². The van der Waals surface area contributed by atoms with E-state index in [2.05, 4.69) is 35.0 Å². The number of rotatable bonds is 5. The smallest absolute Gasteiger partial charge is 0.392 e. The van der Waals surface area contributed by atoms with Crippen molar-refractivity contribution in [3.05, 3.63) is 34.3 Å². The third-order valence-electron chi connectivity index (χ3n) is 2.35. The third-order valence-corrected chi connectivity index (χ3v) is 4.95. The second-order valence-electron chi connectivity index (χ2n) is 3.24. The van der Waals surface area contributed by atoms with E-state index in [9.17, 15) is 0 Å². The van der Waals surface area contributed by atoms with E-state index in [-0.39, 0.29) is 0 Å². The quantitative estimate of drug-likeness (QED) is 0.774. The van der Waals surface area contributed by atoms with Gasteiger partial charge >= 0.3 is 9.28 Å². The van der Waals surface area contributed by atoms with Crippen LogP contribution in [0.15, 0.2) is 28.7 Å². The van der Waals surface area contributed by atoms with Crippen LogP contribution in [0.4, 0.5) is 0 Å². The van der Waals surface area contributed by atoms with Gasteiger partial charge in [0.15, 0.2) is 0 Å². The summed E-state index contributed by atoms with van der Waals surface area (Å²) in [5.41, 5.74) is 1.66. The molecule has 4 heteroatoms. The van der Waals surface area contributed by atoms with Crippen molar-refractivity contribution >= 4 is 25.2 Å². The molecule has 0 fully saturated rings. The average molecular weight is 288 g/mol. The fourth-order valence-electron chi connectivity index (χ4n) is 1.63. The molecule has 0 bridgehead atoms. The molecule has 0 aliphatic heterocycles. The summed E-state index contributed by atoms with van der Waals surface area (Å²) in [5, 5.41) is 0. The van der Waals surface area contributed by atoms with Crippen molar-refractivity contribution in [3.63, 3.8) is 0 Å². The Morgan fingerprint density at radius 3 is 2.47 bits per heavy atom. The van der Waals surface area contributed by atoms with Crippen LogP contribution in [0.5, 0.6) is 0 Å². The Morgan fingerprint density at radius 2 is 2.00 bits per heavy atom. The van der Waals surface area contributed by atoms with Crippen LogP contribution in [0.2, 0.25) is 0 Å². The van der Waals surface area contributed by atoms with Crippen LogP contribution in [0.3, 0.4) is 0 Å². The lowest BCUT2D eigenvalue weighted by Crippen LogP contribution is -2.28. The van der Waals surface area contributed by atoms with Gasteiger partial charge in [-0.1, -0.05) is 35.0 Å². The van der Waals surface area contributed by atoms with Crippen LogP contribution in [-0.4, -0.2) is 23.5 Å². The first-order chi connectivity index (χ1) is 7.22. The summed E-state index contributed by atoms with van der Waals surface area (Å²) in [6.07, 6.45) is 1.03. The molecule has 1 unspecified atom stereocenters. The van der Waals surface area contributed by atoms with Crippen LogP contribution < -0.4 is 0 Å². The molecular formula is C11H16BrO2Si. The highest BCUT2D eigenvalue weighted by Gasteiger charge is 2.26. The number of benzene rings is 1. The lowest BCUT2D eigenvalue weighted by atomic mass is 10.1. The first-order valence-corrected chi connectivity index (χ1v) is 7.11. The van der Waals surface area contributed by atoms with E-state index in [1.54, 1.807) is 14.2 Å². The molecule has 15 heavy (non-hydrogen) atoms. The maximum atomic E-state index is 5.41. The molecule has 0 saturated carbocycles. The van der Waals surface area contributed by atoms with Gasteiger partial charge in [-0.2, -0.15) is 0 Å². The zero-order valence-electron chi connectivity index (χ0n) is 9.29. The molecule has 0 N–H and O–H groups in total. The summed E-state index contributed by atoms with van der Waals surface area (Å²) in [7, 11) is 2.24. The van der Waals surface area contributed by atoms with Crippen molar-refractivity contribution in [2.75, 3.05) is 14.2 Å². The minimum absolute atomic E-state index is 0.377. The first-order valence-electron chi connectivity index (χ1n) is 4.93. The maximum Gasteiger partial charge on any atom is 0.392 e. The monoisotopic (exact) mass is 287 g/mol. The van der Waals surface area contributed by atoms with E-state index in [1.165, 1.54) is 5.56 Å². The Morgan fingerprint density at radius 1 is 1.33 bits per heavy atom. The zero-order valence-corrected chi connectivity index (χ0v) is 11.9. The fourth-order valence-corrected chi connectivity index (χ4v) is 3.57. The van der Waals surface area contributed by atoms with Crippen LogP contribution >= 0.6 is 15.9 Å². The highest BCUT2D eigenvalue weighted by molar-refractivity contribution is 9.10. The second-order valence-corrected chi connectivity index (χ2v) is 6.31. The van der Waals surface area contributed by atoms with Crippen molar-refractivity contribution < 1.29 is 8.85 Å². The fraction of sp³-hybridized carbons (Fsp3) is 0.455. The lowest BCUT2D eigenvalue weighted by molar-refractivity contribution is 0.265. The highest BCUT2D eigenvalue weighted by atomic mass is 79.9. The number of hydrogen-bond acceptors (Lipinski definition) is 2. The number of hydrogen-bond donors (Lipinski definition) is 0.